The fourth-order valence-electron chi connectivity index (χ4n) is 10.1. The Morgan fingerprint density at radius 1 is 0.903 bits per heavy atom. The van der Waals surface area contributed by atoms with Crippen molar-refractivity contribution < 1.29 is 34.7 Å². The highest BCUT2D eigenvalue weighted by atomic mass is 33.1. The summed E-state index contributed by atoms with van der Waals surface area (Å²) >= 11 is 0. The maximum absolute atomic E-state index is 15.0. The monoisotopic (exact) mass is 907 g/mol. The van der Waals surface area contributed by atoms with Crippen molar-refractivity contribution >= 4 is 64.9 Å². The number of benzene rings is 5. The highest BCUT2D eigenvalue weighted by Gasteiger charge is 2.44. The molecule has 1 aliphatic carbocycles. The third-order valence-corrected chi connectivity index (χ3v) is 18.2. The van der Waals surface area contributed by atoms with E-state index in [0.717, 1.165) is 50.1 Å². The zero-order valence-electron chi connectivity index (χ0n) is 34.6. The number of phenolic OH excluding ortho intramolecular Hbond substituents is 2. The van der Waals surface area contributed by atoms with E-state index in [0.29, 0.717) is 53.7 Å². The number of nitrogens with one attached hydrogen (secondary N) is 1. The first kappa shape index (κ1) is 42.0. The maximum Gasteiger partial charge on any atom is 0.238 e. The molecule has 0 radical (unpaired) electrons. The number of aromatic hydroxyl groups is 3. The Kier molecular flexibility index (Phi) is 11.4. The maximum atomic E-state index is 15.0. The predicted octanol–water partition coefficient (Wildman–Crippen LogP) is 10.5. The van der Waals surface area contributed by atoms with E-state index in [4.69, 9.17) is 9.15 Å². The van der Waals surface area contributed by atoms with Crippen molar-refractivity contribution in [2.45, 2.75) is 87.2 Å². The van der Waals surface area contributed by atoms with Gasteiger partial charge in [-0.3, -0.25) is 4.79 Å². The van der Waals surface area contributed by atoms with Gasteiger partial charge >= 0.3 is 0 Å². The molecule has 62 heavy (non-hydrogen) atoms. The lowest BCUT2D eigenvalue weighted by Crippen LogP contribution is -2.39. The molecule has 0 saturated carbocycles. The van der Waals surface area contributed by atoms with Gasteiger partial charge in [0.1, 0.15) is 34.3 Å². The molecule has 322 valence electrons. The summed E-state index contributed by atoms with van der Waals surface area (Å²) in [7, 11) is 8.66. The van der Waals surface area contributed by atoms with Crippen molar-refractivity contribution in [3.63, 3.8) is 0 Å². The fourth-order valence-corrected chi connectivity index (χ4v) is 15.4. The van der Waals surface area contributed by atoms with Crippen molar-refractivity contribution in [2.24, 2.45) is 5.92 Å². The van der Waals surface area contributed by atoms with Crippen LogP contribution in [0.1, 0.15) is 89.3 Å². The molecule has 9 nitrogen and oxygen atoms in total. The summed E-state index contributed by atoms with van der Waals surface area (Å²) in [5.41, 5.74) is 6.81. The van der Waals surface area contributed by atoms with Gasteiger partial charge < -0.3 is 40.0 Å². The van der Waals surface area contributed by atoms with Gasteiger partial charge in [-0.15, -0.1) is 0 Å². The van der Waals surface area contributed by atoms with Crippen molar-refractivity contribution in [1.29, 1.82) is 0 Å². The lowest BCUT2D eigenvalue weighted by atomic mass is 9.72. The van der Waals surface area contributed by atoms with Crippen LogP contribution in [0.4, 0.5) is 0 Å². The summed E-state index contributed by atoms with van der Waals surface area (Å²) in [4.78, 5) is 15.0. The zero-order chi connectivity index (χ0) is 43.0. The van der Waals surface area contributed by atoms with E-state index >= 15 is 4.79 Å². The molecule has 5 bridgehead atoms. The molecule has 1 fully saturated rings. The molecule has 6 unspecified atom stereocenters. The Labute approximate surface area is 375 Å². The molecular formula is C49H49NO8S4. The Bertz CT molecular complexity index is 2810. The van der Waals surface area contributed by atoms with Gasteiger partial charge in [-0.25, -0.2) is 0 Å². The molecule has 10 rings (SSSR count). The first-order chi connectivity index (χ1) is 30.0. The topological polar surface area (TPSA) is 153 Å². The van der Waals surface area contributed by atoms with Crippen LogP contribution in [-0.4, -0.2) is 62.4 Å². The van der Waals surface area contributed by atoms with Crippen LogP contribution in [0, 0.1) is 5.92 Å². The van der Waals surface area contributed by atoms with Crippen LogP contribution in [0.2, 0.25) is 0 Å². The molecule has 4 aliphatic rings. The van der Waals surface area contributed by atoms with E-state index in [9.17, 15) is 25.5 Å². The van der Waals surface area contributed by atoms with Gasteiger partial charge in [-0.05, 0) is 94.4 Å². The summed E-state index contributed by atoms with van der Waals surface area (Å²) in [6.45, 7) is 4.16. The number of fused-ring (bicyclic) bond motifs is 10. The summed E-state index contributed by atoms with van der Waals surface area (Å²) in [6, 6.07) is 21.8. The zero-order valence-corrected chi connectivity index (χ0v) is 37.9. The highest BCUT2D eigenvalue weighted by molar-refractivity contribution is 8.77. The fraction of sp³-hybridized carbons (Fsp3) is 0.367. The van der Waals surface area contributed by atoms with E-state index in [-0.39, 0.29) is 63.2 Å². The molecule has 6 atom stereocenters. The third kappa shape index (κ3) is 7.16. The molecule has 6 N–H and O–H groups in total. The molecule has 6 aromatic rings. The molecule has 1 saturated heterocycles. The molecular weight excluding hydrogens is 859 g/mol. The average Bonchev–Trinajstić information content (AvgIpc) is 3.28. The second-order valence-electron chi connectivity index (χ2n) is 17.4. The first-order valence-electron chi connectivity index (χ1n) is 21.3. The second kappa shape index (κ2) is 16.9. The summed E-state index contributed by atoms with van der Waals surface area (Å²) in [5.74, 6) is 1.12. The quantitative estimate of drug-likeness (QED) is 0.0932. The minimum Gasteiger partial charge on any atom is -0.507 e. The van der Waals surface area contributed by atoms with E-state index in [2.05, 4.69) is 43.4 Å². The smallest absolute Gasteiger partial charge is 0.238 e. The van der Waals surface area contributed by atoms with Gasteiger partial charge in [0, 0.05) is 52.8 Å². The normalized spacial score (nSPS) is 23.5. The standard InChI is InChI=1S/C49H49NO8S4/c1-23(2)15-27-18-31(33-21-60-61-22-34(50-3)26-9-4-7-24(16-26)17-30(33)43(27)53)47-46(56)45(55)42-38(58-47)20-36(52)41-28-13-12-25-8-5-10-29-39(25)40(28)32-19-37(57-48(41)42)35(51)11-6-14-59-62-49(29)44(32)54/h4-5,7-10,12-13,16,18,20,23,32,34-35,37,44,49-54,56H,6,11,14-15,17,19,21-22H2,1-3H3. The van der Waals surface area contributed by atoms with Crippen LogP contribution in [0.25, 0.3) is 44.2 Å². The molecule has 0 amide bonds. The number of ether oxygens (including phenoxy) is 1. The summed E-state index contributed by atoms with van der Waals surface area (Å²) in [6.07, 6.45) is -0.228. The van der Waals surface area contributed by atoms with Gasteiger partial charge in [0.25, 0.3) is 0 Å². The molecule has 13 heteroatoms. The lowest BCUT2D eigenvalue weighted by Gasteiger charge is -2.41. The largest absolute Gasteiger partial charge is 0.507 e. The summed E-state index contributed by atoms with van der Waals surface area (Å²) < 4.78 is 13.5. The van der Waals surface area contributed by atoms with Crippen LogP contribution in [0.5, 0.6) is 23.0 Å². The molecule has 4 heterocycles. The number of hydrogen-bond donors (Lipinski definition) is 6. The van der Waals surface area contributed by atoms with Crippen LogP contribution >= 0.6 is 43.2 Å². The number of hydrogen-bond acceptors (Lipinski definition) is 13. The summed E-state index contributed by atoms with van der Waals surface area (Å²) in [5, 5.41) is 65.7. The minimum absolute atomic E-state index is 0.0147. The number of aliphatic hydroxyl groups is 2. The SMILES string of the molecule is CNC1CSSCc2c(-c3oc4cc(O)c5c(c4c(=O)c3O)OC3CC4c6c-5ccc5cccc(c65)C(SSCCCC3O)C4O)cc(CC(C)C)c(O)c2Cc2cccc1c2. The van der Waals surface area contributed by atoms with Gasteiger partial charge in [0.15, 0.2) is 5.76 Å². The Morgan fingerprint density at radius 3 is 2.56 bits per heavy atom. The van der Waals surface area contributed by atoms with Crippen LogP contribution in [-0.2, 0) is 18.6 Å². The van der Waals surface area contributed by atoms with E-state index in [1.165, 1.54) is 6.07 Å². The second-order valence-corrected chi connectivity index (χ2v) is 22.5. The first-order valence-corrected chi connectivity index (χ1v) is 26.2. The molecule has 1 aromatic heterocycles. The van der Waals surface area contributed by atoms with Crippen LogP contribution in [0.15, 0.2) is 75.9 Å². The van der Waals surface area contributed by atoms with Crippen molar-refractivity contribution in [3.05, 3.63) is 116 Å². The highest BCUT2D eigenvalue weighted by Crippen LogP contribution is 2.58. The lowest BCUT2D eigenvalue weighted by molar-refractivity contribution is 0.00976. The van der Waals surface area contributed by atoms with Gasteiger partial charge in [0.2, 0.25) is 11.2 Å². The number of phenols is 2. The Hall–Kier alpha value is -3.95. The number of aliphatic hydroxyl groups excluding tert-OH is 2. The minimum atomic E-state index is -0.944. The van der Waals surface area contributed by atoms with Crippen LogP contribution < -0.4 is 15.5 Å². The van der Waals surface area contributed by atoms with Crippen molar-refractivity contribution in [1.82, 2.24) is 5.32 Å². The Balaban J connectivity index is 1.22. The predicted molar refractivity (Wildman–Crippen MR) is 255 cm³/mol. The van der Waals surface area contributed by atoms with Gasteiger partial charge in [-0.1, -0.05) is 112 Å². The van der Waals surface area contributed by atoms with E-state index in [1.807, 2.05) is 43.4 Å². The molecule has 5 aromatic carbocycles. The van der Waals surface area contributed by atoms with Crippen molar-refractivity contribution in [2.75, 3.05) is 18.6 Å². The average molecular weight is 908 g/mol. The molecule has 3 aliphatic heterocycles. The third-order valence-electron chi connectivity index (χ3n) is 13.0. The van der Waals surface area contributed by atoms with Crippen LogP contribution in [0.3, 0.4) is 0 Å². The Morgan fingerprint density at radius 2 is 1.74 bits per heavy atom. The van der Waals surface area contributed by atoms with E-state index < -0.39 is 35.4 Å². The molecule has 0 spiro atoms. The number of rotatable bonds is 4. The van der Waals surface area contributed by atoms with E-state index in [1.54, 1.807) is 43.2 Å². The van der Waals surface area contributed by atoms with Crippen molar-refractivity contribution in [3.8, 4) is 45.4 Å². The van der Waals surface area contributed by atoms with Gasteiger partial charge in [-0.2, -0.15) is 0 Å². The van der Waals surface area contributed by atoms with Gasteiger partial charge in [0.05, 0.1) is 23.0 Å².